The molecule has 0 radical (unpaired) electrons. The number of nitrogens with zero attached hydrogens (tertiary/aromatic N) is 3. The van der Waals surface area contributed by atoms with E-state index >= 15 is 0 Å². The summed E-state index contributed by atoms with van der Waals surface area (Å²) in [4.78, 5) is 16.0. The first-order valence-corrected chi connectivity index (χ1v) is 18.4. The number of hydrogen-bond acceptors (Lipinski definition) is 4. The standard InChI is InChI=1S/C50H33N3O/c1-50(2)42-24-11-10-20-37(42)38-22-12-23-40(46(38)50)48-51-47(52-49(53-48)41-28-31-16-6-7-17-33(31)35-18-8-9-19-36(35)41)32-26-27-39-44(29-32)54-43-25-13-21-34(45(39)43)30-14-4-3-5-15-30/h3-29H,1-2H3. The highest BCUT2D eigenvalue weighted by molar-refractivity contribution is 6.14. The molecule has 2 aromatic heterocycles. The van der Waals surface area contributed by atoms with Gasteiger partial charge in [-0.1, -0.05) is 153 Å². The second-order valence-electron chi connectivity index (χ2n) is 14.8. The van der Waals surface area contributed by atoms with Gasteiger partial charge in [0.25, 0.3) is 0 Å². The van der Waals surface area contributed by atoms with Gasteiger partial charge < -0.3 is 4.42 Å². The zero-order valence-electron chi connectivity index (χ0n) is 29.8. The molecule has 0 spiro atoms. The number of benzene rings is 8. The Bertz CT molecular complexity index is 3140. The first kappa shape index (κ1) is 30.7. The molecule has 4 nitrogen and oxygen atoms in total. The van der Waals surface area contributed by atoms with Gasteiger partial charge in [0.1, 0.15) is 11.2 Å². The molecule has 0 amide bonds. The quantitative estimate of drug-likeness (QED) is 0.172. The van der Waals surface area contributed by atoms with Crippen LogP contribution in [0.3, 0.4) is 0 Å². The van der Waals surface area contributed by atoms with Crippen molar-refractivity contribution in [3.63, 3.8) is 0 Å². The fourth-order valence-electron chi connectivity index (χ4n) is 8.84. The first-order chi connectivity index (χ1) is 26.5. The van der Waals surface area contributed by atoms with Crippen molar-refractivity contribution < 1.29 is 4.42 Å². The molecule has 0 bridgehead atoms. The Morgan fingerprint density at radius 1 is 0.407 bits per heavy atom. The Morgan fingerprint density at radius 2 is 1.06 bits per heavy atom. The largest absolute Gasteiger partial charge is 0.456 e. The van der Waals surface area contributed by atoms with Gasteiger partial charge in [0.15, 0.2) is 17.5 Å². The van der Waals surface area contributed by atoms with Crippen molar-refractivity contribution in [3.8, 4) is 56.4 Å². The fourth-order valence-corrected chi connectivity index (χ4v) is 8.84. The van der Waals surface area contributed by atoms with Gasteiger partial charge in [-0.05, 0) is 79.2 Å². The molecule has 0 saturated carbocycles. The Kier molecular flexibility index (Phi) is 6.56. The van der Waals surface area contributed by atoms with E-state index in [1.165, 1.54) is 33.0 Å². The van der Waals surface area contributed by atoms with Crippen molar-refractivity contribution in [1.29, 1.82) is 0 Å². The van der Waals surface area contributed by atoms with Gasteiger partial charge in [-0.15, -0.1) is 0 Å². The topological polar surface area (TPSA) is 51.8 Å². The van der Waals surface area contributed by atoms with E-state index in [1.54, 1.807) is 0 Å². The van der Waals surface area contributed by atoms with E-state index in [0.29, 0.717) is 17.5 Å². The molecule has 2 heterocycles. The van der Waals surface area contributed by atoms with Crippen LogP contribution in [0, 0.1) is 0 Å². The Hall–Kier alpha value is -6.91. The third-order valence-corrected chi connectivity index (χ3v) is 11.3. The van der Waals surface area contributed by atoms with Crippen molar-refractivity contribution in [2.45, 2.75) is 19.3 Å². The molecule has 0 unspecified atom stereocenters. The number of aromatic nitrogens is 3. The van der Waals surface area contributed by atoms with Crippen LogP contribution in [0.15, 0.2) is 168 Å². The summed E-state index contributed by atoms with van der Waals surface area (Å²) < 4.78 is 6.56. The molecule has 0 N–H and O–H groups in total. The van der Waals surface area contributed by atoms with Crippen LogP contribution in [0.4, 0.5) is 0 Å². The van der Waals surface area contributed by atoms with Crippen LogP contribution in [-0.2, 0) is 5.41 Å². The van der Waals surface area contributed by atoms with Crippen LogP contribution < -0.4 is 0 Å². The minimum atomic E-state index is -0.241. The highest BCUT2D eigenvalue weighted by Gasteiger charge is 2.38. The molecule has 254 valence electrons. The van der Waals surface area contributed by atoms with E-state index in [4.69, 9.17) is 19.4 Å². The minimum absolute atomic E-state index is 0.241. The molecule has 10 aromatic rings. The van der Waals surface area contributed by atoms with Crippen LogP contribution in [0.5, 0.6) is 0 Å². The lowest BCUT2D eigenvalue weighted by Crippen LogP contribution is -2.17. The van der Waals surface area contributed by atoms with Gasteiger partial charge in [0.05, 0.1) is 0 Å². The number of furan rings is 1. The molecule has 0 atom stereocenters. The van der Waals surface area contributed by atoms with Gasteiger partial charge in [-0.25, -0.2) is 15.0 Å². The van der Waals surface area contributed by atoms with Gasteiger partial charge in [0.2, 0.25) is 0 Å². The summed E-state index contributed by atoms with van der Waals surface area (Å²) in [5.41, 5.74) is 11.6. The molecule has 54 heavy (non-hydrogen) atoms. The molecule has 0 fully saturated rings. The van der Waals surface area contributed by atoms with Crippen LogP contribution in [0.2, 0.25) is 0 Å². The van der Waals surface area contributed by atoms with E-state index in [9.17, 15) is 0 Å². The lowest BCUT2D eigenvalue weighted by molar-refractivity contribution is 0.661. The first-order valence-electron chi connectivity index (χ1n) is 18.4. The van der Waals surface area contributed by atoms with Crippen molar-refractivity contribution >= 4 is 43.5 Å². The lowest BCUT2D eigenvalue weighted by atomic mass is 9.80. The summed E-state index contributed by atoms with van der Waals surface area (Å²) in [5.74, 6) is 1.89. The third kappa shape index (κ3) is 4.53. The van der Waals surface area contributed by atoms with Crippen LogP contribution >= 0.6 is 0 Å². The van der Waals surface area contributed by atoms with E-state index in [0.717, 1.165) is 60.5 Å². The molecule has 8 aromatic carbocycles. The number of rotatable bonds is 4. The predicted octanol–water partition coefficient (Wildman–Crippen LogP) is 13.1. The highest BCUT2D eigenvalue weighted by Crippen LogP contribution is 2.52. The van der Waals surface area contributed by atoms with Crippen LogP contribution in [-0.4, -0.2) is 15.0 Å². The van der Waals surface area contributed by atoms with Crippen molar-refractivity contribution in [2.24, 2.45) is 0 Å². The highest BCUT2D eigenvalue weighted by atomic mass is 16.3. The molecular formula is C50H33N3O. The minimum Gasteiger partial charge on any atom is -0.456 e. The summed E-state index contributed by atoms with van der Waals surface area (Å²) in [5, 5.41) is 6.78. The van der Waals surface area contributed by atoms with Crippen molar-refractivity contribution in [2.75, 3.05) is 0 Å². The number of fused-ring (bicyclic) bond motifs is 9. The monoisotopic (exact) mass is 691 g/mol. The van der Waals surface area contributed by atoms with Crippen molar-refractivity contribution in [3.05, 3.63) is 175 Å². The van der Waals surface area contributed by atoms with Gasteiger partial charge in [-0.2, -0.15) is 0 Å². The maximum atomic E-state index is 6.56. The molecule has 1 aliphatic rings. The Morgan fingerprint density at radius 3 is 1.93 bits per heavy atom. The molecular weight excluding hydrogens is 659 g/mol. The summed E-state index contributed by atoms with van der Waals surface area (Å²) >= 11 is 0. The zero-order chi connectivity index (χ0) is 36.0. The Labute approximate surface area is 312 Å². The smallest absolute Gasteiger partial charge is 0.164 e. The fraction of sp³-hybridized carbons (Fsp3) is 0.0600. The van der Waals surface area contributed by atoms with Crippen LogP contribution in [0.25, 0.3) is 99.9 Å². The second kappa shape index (κ2) is 11.5. The third-order valence-electron chi connectivity index (χ3n) is 11.3. The molecule has 4 heteroatoms. The van der Waals surface area contributed by atoms with Gasteiger partial charge >= 0.3 is 0 Å². The molecule has 11 rings (SSSR count). The second-order valence-corrected chi connectivity index (χ2v) is 14.8. The summed E-state index contributed by atoms with van der Waals surface area (Å²) in [7, 11) is 0. The van der Waals surface area contributed by atoms with E-state index in [2.05, 4.69) is 166 Å². The normalized spacial score (nSPS) is 13.1. The van der Waals surface area contributed by atoms with E-state index < -0.39 is 0 Å². The zero-order valence-corrected chi connectivity index (χ0v) is 29.8. The predicted molar refractivity (Wildman–Crippen MR) is 221 cm³/mol. The Balaban J connectivity index is 1.17. The summed E-state index contributed by atoms with van der Waals surface area (Å²) in [6.45, 7) is 4.61. The maximum Gasteiger partial charge on any atom is 0.164 e. The van der Waals surface area contributed by atoms with Crippen LogP contribution in [0.1, 0.15) is 25.0 Å². The number of hydrogen-bond donors (Lipinski definition) is 0. The van der Waals surface area contributed by atoms with Gasteiger partial charge in [-0.3, -0.25) is 0 Å². The average Bonchev–Trinajstić information content (AvgIpc) is 3.72. The lowest BCUT2D eigenvalue weighted by Gasteiger charge is -2.24. The van der Waals surface area contributed by atoms with Gasteiger partial charge in [0, 0.05) is 32.9 Å². The SMILES string of the molecule is CC1(C)c2ccccc2-c2cccc(-c3nc(-c4ccc5c(c4)oc4cccc(-c6ccccc6)c45)nc(-c4cc5ccccc5c5ccccc45)n3)c21. The maximum absolute atomic E-state index is 6.56. The van der Waals surface area contributed by atoms with Crippen molar-refractivity contribution in [1.82, 2.24) is 15.0 Å². The average molecular weight is 692 g/mol. The summed E-state index contributed by atoms with van der Waals surface area (Å²) in [6, 6.07) is 57.7. The van der Waals surface area contributed by atoms with E-state index in [-0.39, 0.29) is 5.41 Å². The van der Waals surface area contributed by atoms with E-state index in [1.807, 2.05) is 12.1 Å². The molecule has 0 saturated heterocycles. The summed E-state index contributed by atoms with van der Waals surface area (Å²) in [6.07, 6.45) is 0. The molecule has 1 aliphatic carbocycles. The molecule has 0 aliphatic heterocycles.